The predicted octanol–water partition coefficient (Wildman–Crippen LogP) is 4.99. The first-order valence-electron chi connectivity index (χ1n) is 7.41. The van der Waals surface area contributed by atoms with Crippen molar-refractivity contribution in [2.75, 3.05) is 7.05 Å². The van der Waals surface area contributed by atoms with Crippen LogP contribution in [0.4, 0.5) is 0 Å². The molecule has 3 heteroatoms. The van der Waals surface area contributed by atoms with Crippen molar-refractivity contribution in [3.63, 3.8) is 0 Å². The Hall–Kier alpha value is -1.02. The van der Waals surface area contributed by atoms with Gasteiger partial charge in [-0.2, -0.15) is 0 Å². The number of fused-ring (bicyclic) bond motifs is 1. The summed E-state index contributed by atoms with van der Waals surface area (Å²) in [6.45, 7) is 0. The van der Waals surface area contributed by atoms with Crippen LogP contribution in [0.2, 0.25) is 10.0 Å². The Balaban J connectivity index is 1.89. The third kappa shape index (κ3) is 3.11. The van der Waals surface area contributed by atoms with Gasteiger partial charge in [-0.1, -0.05) is 47.5 Å². The number of nitrogens with one attached hydrogen (secondary N) is 1. The lowest BCUT2D eigenvalue weighted by Crippen LogP contribution is -2.19. The second-order valence-corrected chi connectivity index (χ2v) is 6.44. The highest BCUT2D eigenvalue weighted by Gasteiger charge is 2.17. The van der Waals surface area contributed by atoms with Gasteiger partial charge in [0.2, 0.25) is 0 Å². The largest absolute Gasteiger partial charge is 0.313 e. The van der Waals surface area contributed by atoms with E-state index in [2.05, 4.69) is 23.5 Å². The molecular formula is C18H19Cl2N. The molecule has 0 amide bonds. The first kappa shape index (κ1) is 14.9. The Morgan fingerprint density at radius 1 is 1.05 bits per heavy atom. The van der Waals surface area contributed by atoms with Gasteiger partial charge in [0, 0.05) is 16.1 Å². The van der Waals surface area contributed by atoms with Crippen molar-refractivity contribution in [1.29, 1.82) is 0 Å². The van der Waals surface area contributed by atoms with Crippen LogP contribution >= 0.6 is 23.2 Å². The molecule has 0 saturated heterocycles. The van der Waals surface area contributed by atoms with Crippen LogP contribution < -0.4 is 5.32 Å². The maximum Gasteiger partial charge on any atom is 0.0453 e. The fourth-order valence-corrected chi connectivity index (χ4v) is 3.68. The van der Waals surface area contributed by atoms with Gasteiger partial charge in [-0.15, -0.1) is 0 Å². The van der Waals surface area contributed by atoms with E-state index in [1.165, 1.54) is 36.0 Å². The molecule has 1 nitrogen and oxygen atoms in total. The van der Waals surface area contributed by atoms with Gasteiger partial charge in [0.15, 0.2) is 0 Å². The molecule has 1 N–H and O–H groups in total. The molecule has 3 rings (SSSR count). The maximum absolute atomic E-state index is 6.30. The molecule has 2 aromatic carbocycles. The van der Waals surface area contributed by atoms with Crippen LogP contribution in [0.5, 0.6) is 0 Å². The quantitative estimate of drug-likeness (QED) is 0.837. The highest BCUT2D eigenvalue weighted by molar-refractivity contribution is 6.36. The summed E-state index contributed by atoms with van der Waals surface area (Å²) in [7, 11) is 1.99. The van der Waals surface area contributed by atoms with Gasteiger partial charge in [-0.05, 0) is 67.1 Å². The smallest absolute Gasteiger partial charge is 0.0453 e. The number of benzene rings is 2. The second kappa shape index (κ2) is 6.39. The Kier molecular flexibility index (Phi) is 4.54. The van der Waals surface area contributed by atoms with Gasteiger partial charge in [0.05, 0.1) is 0 Å². The normalized spacial score (nSPS) is 15.0. The van der Waals surface area contributed by atoms with Gasteiger partial charge in [0.25, 0.3) is 0 Å². The monoisotopic (exact) mass is 319 g/mol. The predicted molar refractivity (Wildman–Crippen MR) is 90.4 cm³/mol. The Morgan fingerprint density at radius 2 is 1.76 bits per heavy atom. The number of likely N-dealkylation sites (N-methyl/N-ethyl adjacent to an activating group) is 1. The number of rotatable bonds is 4. The second-order valence-electron chi connectivity index (χ2n) is 5.63. The highest BCUT2D eigenvalue weighted by Crippen LogP contribution is 2.31. The standard InChI is InChI=1S/C18H19Cl2N/c1-21-18(11-15-16(19)6-3-7-17(15)20)14-9-8-12-4-2-5-13(12)10-14/h3,6-10,18,21H,2,4-5,11H2,1H3. The third-order valence-electron chi connectivity index (χ3n) is 4.34. The molecule has 1 atom stereocenters. The molecule has 2 aromatic rings. The van der Waals surface area contributed by atoms with E-state index in [0.29, 0.717) is 0 Å². The van der Waals surface area contributed by atoms with Crippen LogP contribution in [0.3, 0.4) is 0 Å². The fourth-order valence-electron chi connectivity index (χ4n) is 3.13. The zero-order chi connectivity index (χ0) is 14.8. The van der Waals surface area contributed by atoms with E-state index in [4.69, 9.17) is 23.2 Å². The molecule has 0 aliphatic heterocycles. The van der Waals surface area contributed by atoms with Crippen molar-refractivity contribution in [3.05, 3.63) is 68.7 Å². The molecular weight excluding hydrogens is 301 g/mol. The van der Waals surface area contributed by atoms with Crippen molar-refractivity contribution in [2.45, 2.75) is 31.7 Å². The van der Waals surface area contributed by atoms with Gasteiger partial charge in [0.1, 0.15) is 0 Å². The van der Waals surface area contributed by atoms with E-state index in [1.54, 1.807) is 0 Å². The summed E-state index contributed by atoms with van der Waals surface area (Å²) >= 11 is 12.6. The topological polar surface area (TPSA) is 12.0 Å². The molecule has 0 bridgehead atoms. The van der Waals surface area contributed by atoms with Gasteiger partial charge in [-0.25, -0.2) is 0 Å². The molecule has 0 aromatic heterocycles. The molecule has 110 valence electrons. The van der Waals surface area contributed by atoms with Crippen LogP contribution in [-0.4, -0.2) is 7.05 Å². The molecule has 0 radical (unpaired) electrons. The first-order valence-corrected chi connectivity index (χ1v) is 8.16. The summed E-state index contributed by atoms with van der Waals surface area (Å²) < 4.78 is 0. The zero-order valence-corrected chi connectivity index (χ0v) is 13.6. The van der Waals surface area contributed by atoms with Crippen LogP contribution in [0.1, 0.15) is 34.7 Å². The van der Waals surface area contributed by atoms with Crippen molar-refractivity contribution in [3.8, 4) is 0 Å². The SMILES string of the molecule is CNC(Cc1c(Cl)cccc1Cl)c1ccc2c(c1)CCC2. The van der Waals surface area contributed by atoms with Gasteiger partial charge < -0.3 is 5.32 Å². The minimum absolute atomic E-state index is 0.230. The average molecular weight is 320 g/mol. The van der Waals surface area contributed by atoms with Crippen molar-refractivity contribution in [1.82, 2.24) is 5.32 Å². The maximum atomic E-state index is 6.30. The summed E-state index contributed by atoms with van der Waals surface area (Å²) in [5.41, 5.74) is 5.33. The summed E-state index contributed by atoms with van der Waals surface area (Å²) in [4.78, 5) is 0. The van der Waals surface area contributed by atoms with Gasteiger partial charge >= 0.3 is 0 Å². The van der Waals surface area contributed by atoms with Crippen molar-refractivity contribution < 1.29 is 0 Å². The van der Waals surface area contributed by atoms with Crippen LogP contribution in [0, 0.1) is 0 Å². The van der Waals surface area contributed by atoms with E-state index in [1.807, 2.05) is 25.2 Å². The summed E-state index contributed by atoms with van der Waals surface area (Å²) in [5, 5.41) is 4.87. The van der Waals surface area contributed by atoms with Crippen LogP contribution in [-0.2, 0) is 19.3 Å². The lowest BCUT2D eigenvalue weighted by Gasteiger charge is -2.19. The van der Waals surface area contributed by atoms with Gasteiger partial charge in [-0.3, -0.25) is 0 Å². The van der Waals surface area contributed by atoms with Crippen LogP contribution in [0.15, 0.2) is 36.4 Å². The number of hydrogen-bond acceptors (Lipinski definition) is 1. The Morgan fingerprint density at radius 3 is 2.48 bits per heavy atom. The molecule has 0 saturated carbocycles. The minimum Gasteiger partial charge on any atom is -0.313 e. The summed E-state index contributed by atoms with van der Waals surface area (Å²) in [6, 6.07) is 12.8. The summed E-state index contributed by atoms with van der Waals surface area (Å²) in [6.07, 6.45) is 4.50. The van der Waals surface area contributed by atoms with E-state index >= 15 is 0 Å². The molecule has 1 aliphatic carbocycles. The van der Waals surface area contributed by atoms with Crippen LogP contribution in [0.25, 0.3) is 0 Å². The first-order chi connectivity index (χ1) is 10.2. The molecule has 0 heterocycles. The Bertz CT molecular complexity index is 631. The van der Waals surface area contributed by atoms with E-state index in [-0.39, 0.29) is 6.04 Å². The summed E-state index contributed by atoms with van der Waals surface area (Å²) in [5.74, 6) is 0. The zero-order valence-electron chi connectivity index (χ0n) is 12.1. The third-order valence-corrected chi connectivity index (χ3v) is 5.05. The highest BCUT2D eigenvalue weighted by atomic mass is 35.5. The number of halogens is 2. The lowest BCUT2D eigenvalue weighted by atomic mass is 9.96. The molecule has 1 unspecified atom stereocenters. The fraction of sp³-hybridized carbons (Fsp3) is 0.333. The lowest BCUT2D eigenvalue weighted by molar-refractivity contribution is 0.591. The van der Waals surface area contributed by atoms with Crippen molar-refractivity contribution in [2.24, 2.45) is 0 Å². The van der Waals surface area contributed by atoms with E-state index < -0.39 is 0 Å². The van der Waals surface area contributed by atoms with E-state index in [9.17, 15) is 0 Å². The minimum atomic E-state index is 0.230. The number of hydrogen-bond donors (Lipinski definition) is 1. The van der Waals surface area contributed by atoms with E-state index in [0.717, 1.165) is 22.0 Å². The van der Waals surface area contributed by atoms with Crippen molar-refractivity contribution >= 4 is 23.2 Å². The molecule has 0 fully saturated rings. The molecule has 0 spiro atoms. The molecule has 21 heavy (non-hydrogen) atoms. The molecule has 1 aliphatic rings. The number of aryl methyl sites for hydroxylation is 2. The Labute approximate surface area is 136 Å². The average Bonchev–Trinajstić information content (AvgIpc) is 2.94.